The summed E-state index contributed by atoms with van der Waals surface area (Å²) in [6.07, 6.45) is 1.03. The van der Waals surface area contributed by atoms with E-state index in [1.54, 1.807) is 22.3 Å². The Labute approximate surface area is 188 Å². The van der Waals surface area contributed by atoms with Crippen molar-refractivity contribution in [1.82, 2.24) is 9.88 Å². The fourth-order valence-electron chi connectivity index (χ4n) is 4.42. The first-order valence-corrected chi connectivity index (χ1v) is 11.4. The first-order chi connectivity index (χ1) is 15.5. The van der Waals surface area contributed by atoms with Gasteiger partial charge in [-0.3, -0.25) is 14.6 Å². The molecule has 1 saturated heterocycles. The van der Waals surface area contributed by atoms with Crippen LogP contribution in [0.15, 0.2) is 36.4 Å². The Kier molecular flexibility index (Phi) is 5.52. The molecule has 3 aromatic rings. The number of rotatable bonds is 4. The van der Waals surface area contributed by atoms with Crippen molar-refractivity contribution < 1.29 is 18.7 Å². The minimum atomic E-state index is -0.395. The van der Waals surface area contributed by atoms with Crippen molar-refractivity contribution >= 4 is 44.9 Å². The lowest BCUT2D eigenvalue weighted by atomic mass is 10.0. The smallest absolute Gasteiger partial charge is 0.414 e. The number of nitrogens with one attached hydrogen (secondary N) is 1. The van der Waals surface area contributed by atoms with Crippen molar-refractivity contribution in [2.45, 2.75) is 32.4 Å². The second-order valence-corrected chi connectivity index (χ2v) is 9.40. The number of halogens is 1. The van der Waals surface area contributed by atoms with E-state index in [-0.39, 0.29) is 30.9 Å². The number of fused-ring (bicyclic) bond motifs is 2. The lowest BCUT2D eigenvalue weighted by Crippen LogP contribution is -2.50. The molecule has 0 radical (unpaired) electrons. The van der Waals surface area contributed by atoms with Gasteiger partial charge in [-0.05, 0) is 56.2 Å². The molecular formula is C23H23FN4O3S. The summed E-state index contributed by atoms with van der Waals surface area (Å²) in [6.45, 7) is 3.71. The van der Waals surface area contributed by atoms with Crippen molar-refractivity contribution in [3.63, 3.8) is 0 Å². The van der Waals surface area contributed by atoms with E-state index < -0.39 is 6.09 Å². The average molecular weight is 455 g/mol. The second kappa shape index (κ2) is 8.48. The summed E-state index contributed by atoms with van der Waals surface area (Å²) in [4.78, 5) is 33.2. The molecule has 2 aliphatic rings. The molecule has 0 saturated carbocycles. The van der Waals surface area contributed by atoms with Crippen molar-refractivity contribution in [3.05, 3.63) is 52.8 Å². The third-order valence-electron chi connectivity index (χ3n) is 5.92. The summed E-state index contributed by atoms with van der Waals surface area (Å²) in [5.41, 5.74) is 3.02. The van der Waals surface area contributed by atoms with E-state index in [0.717, 1.165) is 20.9 Å². The molecular weight excluding hydrogens is 431 g/mol. The van der Waals surface area contributed by atoms with Gasteiger partial charge in [0.25, 0.3) is 0 Å². The Morgan fingerprint density at radius 2 is 2.06 bits per heavy atom. The number of amides is 2. The number of hydrogen-bond acceptors (Lipinski definition) is 6. The number of benzene rings is 2. The molecule has 2 aromatic carbocycles. The van der Waals surface area contributed by atoms with Crippen LogP contribution < -0.4 is 10.2 Å². The Hall–Kier alpha value is -3.04. The second-order valence-electron chi connectivity index (χ2n) is 8.17. The number of aromatic nitrogens is 1. The molecule has 9 heteroatoms. The number of ether oxygens (including phenoxy) is 1. The van der Waals surface area contributed by atoms with E-state index in [4.69, 9.17) is 4.74 Å². The third kappa shape index (κ3) is 4.18. The van der Waals surface area contributed by atoms with Crippen LogP contribution in [-0.4, -0.2) is 47.6 Å². The SMILES string of the molecule is Cc1nc2cc(NC(=O)CN3CCC(N4C(=O)OCc5cc(F)ccc54)CC3)ccc2s1. The van der Waals surface area contributed by atoms with E-state index in [9.17, 15) is 14.0 Å². The zero-order valence-electron chi connectivity index (χ0n) is 17.6. The number of carbonyl (C=O) groups is 2. The Morgan fingerprint density at radius 3 is 2.88 bits per heavy atom. The highest BCUT2D eigenvalue weighted by Gasteiger charge is 2.34. The molecule has 0 spiro atoms. The summed E-state index contributed by atoms with van der Waals surface area (Å²) < 4.78 is 19.9. The van der Waals surface area contributed by atoms with Crippen LogP contribution in [0.25, 0.3) is 10.2 Å². The monoisotopic (exact) mass is 454 g/mol. The molecule has 1 N–H and O–H groups in total. The van der Waals surface area contributed by atoms with Gasteiger partial charge in [0, 0.05) is 30.4 Å². The molecule has 7 nitrogen and oxygen atoms in total. The van der Waals surface area contributed by atoms with Gasteiger partial charge in [0.2, 0.25) is 5.91 Å². The first kappa shape index (κ1) is 20.8. The van der Waals surface area contributed by atoms with E-state index in [2.05, 4.69) is 15.2 Å². The van der Waals surface area contributed by atoms with Crippen molar-refractivity contribution in [1.29, 1.82) is 0 Å². The van der Waals surface area contributed by atoms with E-state index in [1.165, 1.54) is 12.1 Å². The van der Waals surface area contributed by atoms with Crippen LogP contribution in [0, 0.1) is 12.7 Å². The summed E-state index contributed by atoms with van der Waals surface area (Å²) in [6, 6.07) is 10.2. The number of aryl methyl sites for hydroxylation is 1. The fraction of sp³-hybridized carbons (Fsp3) is 0.348. The summed E-state index contributed by atoms with van der Waals surface area (Å²) in [5.74, 6) is -0.417. The van der Waals surface area contributed by atoms with Crippen LogP contribution in [-0.2, 0) is 16.1 Å². The zero-order valence-corrected chi connectivity index (χ0v) is 18.5. The Balaban J connectivity index is 1.18. The fourth-order valence-corrected chi connectivity index (χ4v) is 5.22. The van der Waals surface area contributed by atoms with E-state index in [0.29, 0.717) is 37.2 Å². The number of carbonyl (C=O) groups excluding carboxylic acids is 2. The van der Waals surface area contributed by atoms with Crippen LogP contribution in [0.2, 0.25) is 0 Å². The third-order valence-corrected chi connectivity index (χ3v) is 6.87. The van der Waals surface area contributed by atoms with Gasteiger partial charge < -0.3 is 10.1 Å². The standard InChI is InChI=1S/C23H23FN4O3S/c1-14-25-19-11-17(3-5-21(19)32-14)26-22(29)12-27-8-6-18(7-9-27)28-20-4-2-16(24)10-15(20)13-31-23(28)30/h2-5,10-11,18H,6-9,12-13H2,1H3,(H,26,29). The number of likely N-dealkylation sites (tertiary alicyclic amines) is 1. The van der Waals surface area contributed by atoms with Gasteiger partial charge in [0.05, 0.1) is 27.5 Å². The molecule has 3 heterocycles. The number of thiazole rings is 1. The van der Waals surface area contributed by atoms with Gasteiger partial charge in [-0.2, -0.15) is 0 Å². The number of hydrogen-bond donors (Lipinski definition) is 1. The van der Waals surface area contributed by atoms with Crippen LogP contribution in [0.4, 0.5) is 20.6 Å². The molecule has 32 heavy (non-hydrogen) atoms. The molecule has 0 aliphatic carbocycles. The van der Waals surface area contributed by atoms with Crippen LogP contribution in [0.1, 0.15) is 23.4 Å². The summed E-state index contributed by atoms with van der Waals surface area (Å²) >= 11 is 1.63. The number of nitrogens with zero attached hydrogens (tertiary/aromatic N) is 3. The van der Waals surface area contributed by atoms with Gasteiger partial charge in [-0.15, -0.1) is 11.3 Å². The lowest BCUT2D eigenvalue weighted by molar-refractivity contribution is -0.117. The van der Waals surface area contributed by atoms with Crippen molar-refractivity contribution in [3.8, 4) is 0 Å². The lowest BCUT2D eigenvalue weighted by Gasteiger charge is -2.40. The predicted octanol–water partition coefficient (Wildman–Crippen LogP) is 4.30. The highest BCUT2D eigenvalue weighted by atomic mass is 32.1. The number of anilines is 2. The molecule has 1 aromatic heterocycles. The number of cyclic esters (lactones) is 1. The topological polar surface area (TPSA) is 74.8 Å². The highest BCUT2D eigenvalue weighted by molar-refractivity contribution is 7.18. The normalized spacial score (nSPS) is 17.3. The van der Waals surface area contributed by atoms with Crippen molar-refractivity contribution in [2.24, 2.45) is 0 Å². The molecule has 0 atom stereocenters. The van der Waals surface area contributed by atoms with Gasteiger partial charge in [0.15, 0.2) is 0 Å². The minimum Gasteiger partial charge on any atom is -0.444 e. The molecule has 5 rings (SSSR count). The maximum atomic E-state index is 13.6. The summed E-state index contributed by atoms with van der Waals surface area (Å²) in [7, 11) is 0. The molecule has 0 bridgehead atoms. The maximum absolute atomic E-state index is 13.6. The largest absolute Gasteiger partial charge is 0.444 e. The van der Waals surface area contributed by atoms with Crippen LogP contribution in [0.3, 0.4) is 0 Å². The van der Waals surface area contributed by atoms with Gasteiger partial charge in [-0.1, -0.05) is 0 Å². The quantitative estimate of drug-likeness (QED) is 0.636. The Bertz CT molecular complexity index is 1190. The average Bonchev–Trinajstić information content (AvgIpc) is 3.14. The van der Waals surface area contributed by atoms with E-state index >= 15 is 0 Å². The first-order valence-electron chi connectivity index (χ1n) is 10.6. The molecule has 1 fully saturated rings. The molecule has 0 unspecified atom stereocenters. The maximum Gasteiger partial charge on any atom is 0.414 e. The Morgan fingerprint density at radius 1 is 1.25 bits per heavy atom. The molecule has 2 aliphatic heterocycles. The predicted molar refractivity (Wildman–Crippen MR) is 122 cm³/mol. The van der Waals surface area contributed by atoms with E-state index in [1.807, 2.05) is 25.1 Å². The summed E-state index contributed by atoms with van der Waals surface area (Å²) in [5, 5.41) is 3.95. The van der Waals surface area contributed by atoms with Gasteiger partial charge in [0.1, 0.15) is 12.4 Å². The van der Waals surface area contributed by atoms with Crippen molar-refractivity contribution in [2.75, 3.05) is 29.9 Å². The van der Waals surface area contributed by atoms with Crippen LogP contribution in [0.5, 0.6) is 0 Å². The van der Waals surface area contributed by atoms with Gasteiger partial charge in [-0.25, -0.2) is 14.2 Å². The number of piperidine rings is 1. The minimum absolute atomic E-state index is 0.0402. The van der Waals surface area contributed by atoms with Gasteiger partial charge >= 0.3 is 6.09 Å². The highest BCUT2D eigenvalue weighted by Crippen LogP contribution is 2.32. The zero-order chi connectivity index (χ0) is 22.2. The van der Waals surface area contributed by atoms with Crippen LogP contribution >= 0.6 is 11.3 Å². The molecule has 2 amide bonds. The molecule has 166 valence electrons.